The van der Waals surface area contributed by atoms with E-state index in [0.29, 0.717) is 30.5 Å². The van der Waals surface area contributed by atoms with Gasteiger partial charge in [-0.25, -0.2) is 0 Å². The molecule has 0 aliphatic heterocycles. The van der Waals surface area contributed by atoms with E-state index in [1.165, 1.54) is 12.1 Å². The highest BCUT2D eigenvalue weighted by molar-refractivity contribution is 7.80. The molecule has 6 atom stereocenters. The molecular weight excluding hydrogens is 849 g/mol. The lowest BCUT2D eigenvalue weighted by atomic mass is 10.0. The number of aromatic hydroxyl groups is 1. The molecule has 0 fully saturated rings. The summed E-state index contributed by atoms with van der Waals surface area (Å²) >= 11 is 8.47. The van der Waals surface area contributed by atoms with Crippen LogP contribution < -0.4 is 49.1 Å². The van der Waals surface area contributed by atoms with E-state index in [1.807, 2.05) is 54.6 Å². The summed E-state index contributed by atoms with van der Waals surface area (Å²) in [5.74, 6) is -5.47. The Hall–Kier alpha value is -6.09. The molecule has 0 radical (unpaired) electrons. The summed E-state index contributed by atoms with van der Waals surface area (Å²) < 4.78 is 0. The van der Waals surface area contributed by atoms with E-state index in [9.17, 15) is 38.7 Å². The molecule has 338 valence electrons. The number of phenols is 1. The predicted octanol–water partition coefficient (Wildman–Crippen LogP) is -0.757. The molecule has 0 saturated heterocycles. The van der Waals surface area contributed by atoms with Crippen LogP contribution in [0.4, 0.5) is 0 Å². The molecule has 63 heavy (non-hydrogen) atoms. The molecule has 0 unspecified atom stereocenters. The second kappa shape index (κ2) is 25.1. The van der Waals surface area contributed by atoms with Crippen molar-refractivity contribution in [3.63, 3.8) is 0 Å². The first-order chi connectivity index (χ1) is 30.2. The van der Waals surface area contributed by atoms with E-state index < -0.39 is 84.1 Å². The van der Waals surface area contributed by atoms with Crippen molar-refractivity contribution in [2.75, 3.05) is 24.6 Å². The van der Waals surface area contributed by atoms with Crippen LogP contribution in [0.15, 0.2) is 85.1 Å². The fourth-order valence-corrected chi connectivity index (χ4v) is 7.10. The molecule has 20 heteroatoms. The maximum absolute atomic E-state index is 14.4. The average molecular weight is 905 g/mol. The van der Waals surface area contributed by atoms with Gasteiger partial charge in [0.2, 0.25) is 41.4 Å². The van der Waals surface area contributed by atoms with Crippen LogP contribution in [0.3, 0.4) is 0 Å². The van der Waals surface area contributed by atoms with Gasteiger partial charge in [0.1, 0.15) is 36.0 Å². The Balaban J connectivity index is 1.61. The number of fused-ring (bicyclic) bond motifs is 1. The van der Waals surface area contributed by atoms with Crippen LogP contribution in [0.25, 0.3) is 10.9 Å². The Morgan fingerprint density at radius 2 is 1.13 bits per heavy atom. The number of benzene rings is 3. The van der Waals surface area contributed by atoms with Gasteiger partial charge in [0.25, 0.3) is 0 Å². The smallest absolute Gasteiger partial charge is 0.244 e. The third-order valence-electron chi connectivity index (χ3n) is 10.0. The Morgan fingerprint density at radius 1 is 0.603 bits per heavy atom. The monoisotopic (exact) mass is 904 g/mol. The fraction of sp³-hybridized carbons (Fsp3) is 0.372. The van der Waals surface area contributed by atoms with Gasteiger partial charge < -0.3 is 59.2 Å². The van der Waals surface area contributed by atoms with Crippen molar-refractivity contribution < 1.29 is 38.7 Å². The zero-order chi connectivity index (χ0) is 45.9. The summed E-state index contributed by atoms with van der Waals surface area (Å²) in [6, 6.07) is 15.1. The summed E-state index contributed by atoms with van der Waals surface area (Å²) in [5.41, 5.74) is 19.8. The molecule has 4 rings (SSSR count). The number of H-pyrrole nitrogens is 1. The summed E-state index contributed by atoms with van der Waals surface area (Å²) in [5, 5.41) is 26.4. The molecule has 0 spiro atoms. The number of thiol groups is 2. The number of carbonyl (C=O) groups excluding carboxylic acids is 7. The van der Waals surface area contributed by atoms with Crippen LogP contribution >= 0.6 is 25.3 Å². The first-order valence-corrected chi connectivity index (χ1v) is 21.6. The van der Waals surface area contributed by atoms with Crippen molar-refractivity contribution in [2.45, 2.75) is 74.8 Å². The number of rotatable bonds is 25. The van der Waals surface area contributed by atoms with Gasteiger partial charge in [-0.1, -0.05) is 60.7 Å². The number of primary amides is 1. The lowest BCUT2D eigenvalue weighted by molar-refractivity contribution is -0.135. The molecular formula is C43H56N10O8S2. The summed E-state index contributed by atoms with van der Waals surface area (Å²) in [6.45, 7) is -0.158. The minimum absolute atomic E-state index is 0.0269. The van der Waals surface area contributed by atoms with E-state index in [0.717, 1.165) is 16.5 Å². The van der Waals surface area contributed by atoms with Crippen molar-refractivity contribution in [2.24, 2.45) is 17.2 Å². The Morgan fingerprint density at radius 3 is 1.76 bits per heavy atom. The molecule has 1 aromatic heterocycles. The van der Waals surface area contributed by atoms with Crippen molar-refractivity contribution in [3.8, 4) is 5.75 Å². The Kier molecular flexibility index (Phi) is 19.8. The number of unbranched alkanes of at least 4 members (excludes halogenated alkanes) is 1. The third-order valence-corrected chi connectivity index (χ3v) is 10.8. The van der Waals surface area contributed by atoms with Crippen molar-refractivity contribution >= 4 is 77.5 Å². The third kappa shape index (κ3) is 15.6. The van der Waals surface area contributed by atoms with Crippen molar-refractivity contribution in [3.05, 3.63) is 102 Å². The molecule has 0 aliphatic carbocycles. The van der Waals surface area contributed by atoms with Crippen molar-refractivity contribution in [1.29, 1.82) is 0 Å². The lowest BCUT2D eigenvalue weighted by Crippen LogP contribution is -2.60. The van der Waals surface area contributed by atoms with Crippen molar-refractivity contribution in [1.82, 2.24) is 36.9 Å². The van der Waals surface area contributed by atoms with Crippen LogP contribution in [0, 0.1) is 0 Å². The number of hydrogen-bond donors (Lipinski definition) is 13. The molecule has 18 nitrogen and oxygen atoms in total. The average Bonchev–Trinajstić information content (AvgIpc) is 3.68. The van der Waals surface area contributed by atoms with Gasteiger partial charge in [-0.2, -0.15) is 25.3 Å². The highest BCUT2D eigenvalue weighted by atomic mass is 32.1. The first kappa shape index (κ1) is 49.6. The zero-order valence-electron chi connectivity index (χ0n) is 34.5. The maximum atomic E-state index is 14.4. The zero-order valence-corrected chi connectivity index (χ0v) is 36.3. The number of aromatic amines is 1. The Labute approximate surface area is 375 Å². The van der Waals surface area contributed by atoms with Crippen LogP contribution in [0.1, 0.15) is 36.0 Å². The minimum Gasteiger partial charge on any atom is -0.508 e. The largest absolute Gasteiger partial charge is 0.508 e. The van der Waals surface area contributed by atoms with E-state index in [-0.39, 0.29) is 42.9 Å². The standard InChI is InChI=1S/C43H56N10O8S2/c44-17-7-6-12-32(40(58)53-35(23-62)39(57)48-22-37(46)55)49-42(60)34(20-27-21-47-31-11-5-4-10-29(27)31)51-41(59)33(19-26-13-15-28(54)16-14-26)50-43(61)36(24-63)52-38(56)30(45)18-25-8-2-1-3-9-25/h1-5,8-11,13-16,21,30,32-36,47,54,62-63H,6-7,12,17-20,22-24,44-45H2,(H2,46,55)(H,48,57)(H,49,60)(H,50,61)(H,51,59)(H,52,56)(H,53,58)/t30-,32+,33+,34-,35+,36+/m1/s1. The number of para-hydroxylation sites is 1. The van der Waals surface area contributed by atoms with E-state index in [2.05, 4.69) is 62.1 Å². The fourth-order valence-electron chi connectivity index (χ4n) is 6.58. The molecule has 0 saturated carbocycles. The van der Waals surface area contributed by atoms with Gasteiger partial charge in [-0.15, -0.1) is 0 Å². The number of nitrogens with one attached hydrogen (secondary N) is 7. The van der Waals surface area contributed by atoms with Gasteiger partial charge in [0.15, 0.2) is 0 Å². The van der Waals surface area contributed by atoms with Gasteiger partial charge in [0, 0.05) is 41.4 Å². The van der Waals surface area contributed by atoms with Crippen LogP contribution in [0.2, 0.25) is 0 Å². The summed E-state index contributed by atoms with van der Waals surface area (Å²) in [6.07, 6.45) is 2.76. The SMILES string of the molecule is NCCCC[C@H](NC(=O)[C@@H](Cc1c[nH]c2ccccc12)NC(=O)[C@H](Cc1ccc(O)cc1)NC(=O)[C@H](CS)NC(=O)[C@H](N)Cc1ccccc1)C(=O)N[C@@H](CS)C(=O)NCC(N)=O. The second-order valence-electron chi connectivity index (χ2n) is 14.9. The molecule has 0 bridgehead atoms. The van der Waals surface area contributed by atoms with E-state index >= 15 is 0 Å². The van der Waals surface area contributed by atoms with E-state index in [1.54, 1.807) is 18.3 Å². The number of hydrogen-bond acceptors (Lipinski definition) is 12. The quantitative estimate of drug-likeness (QED) is 0.0292. The van der Waals surface area contributed by atoms with Gasteiger partial charge in [-0.05, 0) is 67.1 Å². The number of aromatic nitrogens is 1. The lowest BCUT2D eigenvalue weighted by Gasteiger charge is -2.27. The normalized spacial score (nSPS) is 13.9. The second-order valence-corrected chi connectivity index (χ2v) is 15.6. The van der Waals surface area contributed by atoms with E-state index in [4.69, 9.17) is 17.2 Å². The molecule has 0 aliphatic rings. The van der Waals surface area contributed by atoms with Gasteiger partial charge >= 0.3 is 0 Å². The number of phenolic OH excluding ortho intramolecular Hbond substituents is 1. The molecule has 3 aromatic carbocycles. The number of amides is 7. The maximum Gasteiger partial charge on any atom is 0.244 e. The summed E-state index contributed by atoms with van der Waals surface area (Å²) in [7, 11) is 0. The van der Waals surface area contributed by atoms with Crippen LogP contribution in [0.5, 0.6) is 5.75 Å². The van der Waals surface area contributed by atoms with Crippen LogP contribution in [-0.4, -0.2) is 112 Å². The molecule has 14 N–H and O–H groups in total. The van der Waals surface area contributed by atoms with Gasteiger partial charge in [0.05, 0.1) is 12.6 Å². The highest BCUT2D eigenvalue weighted by Gasteiger charge is 2.33. The molecule has 4 aromatic rings. The topological polar surface area (TPSA) is 306 Å². The number of carbonyl (C=O) groups is 7. The Bertz CT molecular complexity index is 2180. The predicted molar refractivity (Wildman–Crippen MR) is 244 cm³/mol. The highest BCUT2D eigenvalue weighted by Crippen LogP contribution is 2.20. The summed E-state index contributed by atoms with van der Waals surface area (Å²) in [4.78, 5) is 96.6. The molecule has 7 amide bonds. The van der Waals surface area contributed by atoms with Gasteiger partial charge in [-0.3, -0.25) is 33.6 Å². The molecule has 1 heterocycles. The number of nitrogens with two attached hydrogens (primary N) is 3. The minimum atomic E-state index is -1.34. The first-order valence-electron chi connectivity index (χ1n) is 20.3. The van der Waals surface area contributed by atoms with Crippen LogP contribution in [-0.2, 0) is 52.8 Å².